The minimum absolute atomic E-state index is 0.148. The molecule has 19 heavy (non-hydrogen) atoms. The lowest BCUT2D eigenvalue weighted by atomic mass is 10.1. The molecular weight excluding hydrogens is 259 g/mol. The van der Waals surface area contributed by atoms with Crippen LogP contribution in [0.25, 0.3) is 0 Å². The van der Waals surface area contributed by atoms with E-state index in [-0.39, 0.29) is 6.61 Å². The number of nitrogens with zero attached hydrogens (tertiary/aromatic N) is 1. The number of alkyl halides is 3. The average Bonchev–Trinajstić information content (AvgIpc) is 3.02. The number of hydrogen-bond donors (Lipinski definition) is 0. The average molecular weight is 273 g/mol. The maximum atomic E-state index is 12.5. The lowest BCUT2D eigenvalue weighted by Gasteiger charge is -2.06. The number of ether oxygens (including phenoxy) is 1. The molecular formula is C13H14F3NO2. The van der Waals surface area contributed by atoms with Gasteiger partial charge in [-0.2, -0.15) is 13.2 Å². The molecule has 1 aromatic rings. The fraction of sp³-hybridized carbons (Fsp3) is 0.462. The molecule has 1 fully saturated rings. The number of rotatable bonds is 3. The van der Waals surface area contributed by atoms with E-state index in [2.05, 4.69) is 0 Å². The topological polar surface area (TPSA) is 29.3 Å². The lowest BCUT2D eigenvalue weighted by Crippen LogP contribution is -2.19. The number of amides is 1. The van der Waals surface area contributed by atoms with Crippen molar-refractivity contribution in [2.24, 2.45) is 0 Å². The molecule has 6 heteroatoms. The van der Waals surface area contributed by atoms with Gasteiger partial charge in [-0.25, -0.2) is 4.79 Å². The number of carbonyl (C=O) groups is 1. The van der Waals surface area contributed by atoms with Crippen molar-refractivity contribution in [3.63, 3.8) is 0 Å². The molecule has 1 amide bonds. The summed E-state index contributed by atoms with van der Waals surface area (Å²) in [5, 5.41) is 0. The summed E-state index contributed by atoms with van der Waals surface area (Å²) in [5.74, 6) is 0. The van der Waals surface area contributed by atoms with Gasteiger partial charge >= 0.3 is 12.3 Å². The van der Waals surface area contributed by atoms with Gasteiger partial charge in [0, 0.05) is 0 Å². The summed E-state index contributed by atoms with van der Waals surface area (Å²) in [7, 11) is 0. The first kappa shape index (κ1) is 13.7. The van der Waals surface area contributed by atoms with Crippen molar-refractivity contribution in [1.82, 2.24) is 4.90 Å². The zero-order chi connectivity index (χ0) is 14.0. The van der Waals surface area contributed by atoms with E-state index in [0.29, 0.717) is 5.56 Å². The van der Waals surface area contributed by atoms with Gasteiger partial charge in [-0.15, -0.1) is 0 Å². The monoisotopic (exact) mass is 273 g/mol. The molecule has 0 N–H and O–H groups in total. The van der Waals surface area contributed by atoms with Crippen LogP contribution in [-0.2, 0) is 4.74 Å². The highest BCUT2D eigenvalue weighted by atomic mass is 19.4. The first-order valence-corrected chi connectivity index (χ1v) is 6.01. The highest BCUT2D eigenvalue weighted by molar-refractivity contribution is 5.72. The highest BCUT2D eigenvalue weighted by Crippen LogP contribution is 2.48. The van der Waals surface area contributed by atoms with Crippen LogP contribution in [0, 0.1) is 0 Å². The Morgan fingerprint density at radius 1 is 1.32 bits per heavy atom. The van der Waals surface area contributed by atoms with Crippen LogP contribution < -0.4 is 0 Å². The first-order valence-electron chi connectivity index (χ1n) is 6.01. The molecule has 0 spiro atoms. The molecule has 2 atom stereocenters. The molecule has 0 saturated carbocycles. The molecule has 0 unspecified atom stereocenters. The van der Waals surface area contributed by atoms with Crippen molar-refractivity contribution in [3.8, 4) is 0 Å². The molecule has 0 aliphatic carbocycles. The third-order valence-corrected chi connectivity index (χ3v) is 2.99. The summed E-state index contributed by atoms with van der Waals surface area (Å²) in [6.45, 7) is 1.77. The minimum atomic E-state index is -4.29. The van der Waals surface area contributed by atoms with Crippen molar-refractivity contribution >= 4 is 6.09 Å². The van der Waals surface area contributed by atoms with Crippen LogP contribution in [0.2, 0.25) is 0 Å². The van der Waals surface area contributed by atoms with E-state index in [9.17, 15) is 18.0 Å². The number of hydrogen-bond acceptors (Lipinski definition) is 2. The molecule has 1 aliphatic rings. The van der Waals surface area contributed by atoms with E-state index in [1.54, 1.807) is 37.3 Å². The quantitative estimate of drug-likeness (QED) is 0.788. The van der Waals surface area contributed by atoms with Gasteiger partial charge in [-0.05, 0) is 12.5 Å². The van der Waals surface area contributed by atoms with Gasteiger partial charge in [0.2, 0.25) is 0 Å². The molecule has 0 aromatic heterocycles. The summed E-state index contributed by atoms with van der Waals surface area (Å²) in [4.78, 5) is 12.8. The molecule has 1 saturated heterocycles. The van der Waals surface area contributed by atoms with Crippen molar-refractivity contribution in [2.45, 2.75) is 31.6 Å². The summed E-state index contributed by atoms with van der Waals surface area (Å²) in [5.41, 5.74) is 0.699. The molecule has 104 valence electrons. The summed E-state index contributed by atoms with van der Waals surface area (Å²) < 4.78 is 42.2. The highest BCUT2D eigenvalue weighted by Gasteiger charge is 2.56. The summed E-state index contributed by atoms with van der Waals surface area (Å²) in [6, 6.07) is 7.28. The Bertz CT molecular complexity index is 447. The smallest absolute Gasteiger partial charge is 0.410 e. The maximum absolute atomic E-state index is 12.5. The Labute approximate surface area is 109 Å². The molecule has 1 heterocycles. The van der Waals surface area contributed by atoms with Crippen molar-refractivity contribution in [1.29, 1.82) is 0 Å². The van der Waals surface area contributed by atoms with Gasteiger partial charge in [0.05, 0.1) is 25.1 Å². The molecule has 2 rings (SSSR count). The molecule has 3 nitrogen and oxygen atoms in total. The zero-order valence-electron chi connectivity index (χ0n) is 10.4. The van der Waals surface area contributed by atoms with E-state index >= 15 is 0 Å². The molecule has 0 bridgehead atoms. The molecule has 1 aromatic carbocycles. The van der Waals surface area contributed by atoms with Crippen molar-refractivity contribution in [3.05, 3.63) is 35.9 Å². The van der Waals surface area contributed by atoms with E-state index in [1.165, 1.54) is 0 Å². The standard InChI is InChI=1S/C13H14F3NO2/c1-2-19-12(18)17-10(8-13(14,15)16)11(17)9-6-4-3-5-7-9/h3-7,10-11H,2,8H2,1H3/t10-,11+,17?/m0/s1. The van der Waals surface area contributed by atoms with Crippen molar-refractivity contribution in [2.75, 3.05) is 6.61 Å². The fourth-order valence-electron chi connectivity index (χ4n) is 2.21. The SMILES string of the molecule is CCOC(=O)N1[C@H](c2ccccc2)[C@@H]1CC(F)(F)F. The third kappa shape index (κ3) is 3.19. The van der Waals surface area contributed by atoms with E-state index in [1.807, 2.05) is 0 Å². The second-order valence-corrected chi connectivity index (χ2v) is 4.35. The summed E-state index contributed by atoms with van der Waals surface area (Å²) >= 11 is 0. The fourth-order valence-corrected chi connectivity index (χ4v) is 2.21. The van der Waals surface area contributed by atoms with Crippen LogP contribution >= 0.6 is 0 Å². The first-order chi connectivity index (χ1) is 8.94. The third-order valence-electron chi connectivity index (χ3n) is 2.99. The Kier molecular flexibility index (Phi) is 3.68. The van der Waals surface area contributed by atoms with E-state index in [4.69, 9.17) is 4.74 Å². The van der Waals surface area contributed by atoms with Gasteiger partial charge in [0.1, 0.15) is 0 Å². The van der Waals surface area contributed by atoms with Gasteiger partial charge in [0.25, 0.3) is 0 Å². The predicted molar refractivity (Wildman–Crippen MR) is 62.5 cm³/mol. The molecule has 0 radical (unpaired) electrons. The largest absolute Gasteiger partial charge is 0.450 e. The van der Waals surface area contributed by atoms with Gasteiger partial charge in [-0.3, -0.25) is 4.90 Å². The van der Waals surface area contributed by atoms with Gasteiger partial charge < -0.3 is 4.74 Å². The Morgan fingerprint density at radius 3 is 2.47 bits per heavy atom. The van der Waals surface area contributed by atoms with Crippen LogP contribution in [0.4, 0.5) is 18.0 Å². The van der Waals surface area contributed by atoms with Crippen LogP contribution in [0.15, 0.2) is 30.3 Å². The summed E-state index contributed by atoms with van der Waals surface area (Å²) in [6.07, 6.45) is -5.99. The second-order valence-electron chi connectivity index (χ2n) is 4.35. The zero-order valence-corrected chi connectivity index (χ0v) is 10.4. The predicted octanol–water partition coefficient (Wildman–Crippen LogP) is 3.52. The Morgan fingerprint density at radius 2 is 1.95 bits per heavy atom. The van der Waals surface area contributed by atoms with E-state index in [0.717, 1.165) is 4.90 Å². The second kappa shape index (κ2) is 5.11. The van der Waals surface area contributed by atoms with Crippen LogP contribution in [0.3, 0.4) is 0 Å². The number of carbonyl (C=O) groups excluding carboxylic acids is 1. The lowest BCUT2D eigenvalue weighted by molar-refractivity contribution is -0.135. The Balaban J connectivity index is 2.14. The van der Waals surface area contributed by atoms with Crippen LogP contribution in [0.5, 0.6) is 0 Å². The minimum Gasteiger partial charge on any atom is -0.450 e. The van der Waals surface area contributed by atoms with Gasteiger partial charge in [-0.1, -0.05) is 30.3 Å². The number of benzene rings is 1. The normalized spacial score (nSPS) is 22.2. The number of halogens is 3. The van der Waals surface area contributed by atoms with Crippen LogP contribution in [0.1, 0.15) is 24.9 Å². The Hall–Kier alpha value is -1.72. The maximum Gasteiger partial charge on any atom is 0.410 e. The van der Waals surface area contributed by atoms with E-state index < -0.39 is 30.8 Å². The van der Waals surface area contributed by atoms with Crippen molar-refractivity contribution < 1.29 is 22.7 Å². The molecule has 1 aliphatic heterocycles. The van der Waals surface area contributed by atoms with Crippen LogP contribution in [-0.4, -0.2) is 29.8 Å². The van der Waals surface area contributed by atoms with Gasteiger partial charge in [0.15, 0.2) is 0 Å².